The van der Waals surface area contributed by atoms with E-state index in [1.165, 1.54) is 0 Å². The van der Waals surface area contributed by atoms with Gasteiger partial charge in [0.15, 0.2) is 0 Å². The van der Waals surface area contributed by atoms with Crippen molar-refractivity contribution in [2.24, 2.45) is 0 Å². The van der Waals surface area contributed by atoms with Gasteiger partial charge in [0.05, 0.1) is 0 Å². The van der Waals surface area contributed by atoms with E-state index in [1.54, 1.807) is 0 Å². The quantitative estimate of drug-likeness (QED) is 0.506. The van der Waals surface area contributed by atoms with Crippen LogP contribution in [0.15, 0.2) is 0 Å². The number of hydrogen-bond donors (Lipinski definition) is 0. The van der Waals surface area contributed by atoms with Crippen LogP contribution >= 0.6 is 23.2 Å². The van der Waals surface area contributed by atoms with Crippen molar-refractivity contribution in [1.29, 1.82) is 0 Å². The predicted molar refractivity (Wildman–Crippen MR) is 25.1 cm³/mol. The molecular formula is C3H3Cl2O2-. The fourth-order valence-electron chi connectivity index (χ4n) is 0.126. The fourth-order valence-corrected chi connectivity index (χ4v) is 0.378. The van der Waals surface area contributed by atoms with E-state index < -0.39 is 10.8 Å². The van der Waals surface area contributed by atoms with E-state index in [0.29, 0.717) is 0 Å². The van der Waals surface area contributed by atoms with Crippen LogP contribution in [-0.4, -0.2) is 10.8 Å². The van der Waals surface area contributed by atoms with E-state index in [1.807, 2.05) is 0 Å². The third kappa shape index (κ3) is 6.05. The third-order valence-corrected chi connectivity index (χ3v) is 0.630. The molecule has 4 heteroatoms. The zero-order valence-corrected chi connectivity index (χ0v) is 4.87. The molecule has 0 atom stereocenters. The molecular weight excluding hydrogens is 139 g/mol. The van der Waals surface area contributed by atoms with Crippen molar-refractivity contribution in [3.63, 3.8) is 0 Å². The minimum Gasteiger partial charge on any atom is -0.550 e. The largest absolute Gasteiger partial charge is 0.550 e. The summed E-state index contributed by atoms with van der Waals surface area (Å²) < 4.78 is 0. The van der Waals surface area contributed by atoms with Crippen LogP contribution < -0.4 is 5.11 Å². The van der Waals surface area contributed by atoms with Gasteiger partial charge in [-0.3, -0.25) is 0 Å². The Kier molecular flexibility index (Phi) is 3.13. The Bertz CT molecular complexity index is 71.3. The number of rotatable bonds is 2. The molecule has 0 saturated carbocycles. The van der Waals surface area contributed by atoms with E-state index in [-0.39, 0.29) is 6.42 Å². The summed E-state index contributed by atoms with van der Waals surface area (Å²) >= 11 is 10.0. The monoisotopic (exact) mass is 141 g/mol. The maximum Gasteiger partial charge on any atom is 0.113 e. The number of carbonyl (C=O) groups excluding carboxylic acids is 1. The maximum atomic E-state index is 9.53. The molecule has 0 spiro atoms. The molecule has 0 bridgehead atoms. The van der Waals surface area contributed by atoms with E-state index in [4.69, 9.17) is 23.2 Å². The van der Waals surface area contributed by atoms with Gasteiger partial charge < -0.3 is 9.90 Å². The molecule has 0 amide bonds. The Hall–Kier alpha value is 0.0500. The summed E-state index contributed by atoms with van der Waals surface area (Å²) in [5, 5.41) is 9.53. The molecule has 0 rings (SSSR count). The maximum absolute atomic E-state index is 9.53. The molecule has 0 aromatic carbocycles. The lowest BCUT2D eigenvalue weighted by Crippen LogP contribution is -2.23. The molecule has 0 aromatic heterocycles. The number of hydrogen-bond acceptors (Lipinski definition) is 2. The van der Waals surface area contributed by atoms with Gasteiger partial charge in [-0.05, 0) is 0 Å². The number of aliphatic carboxylic acids is 1. The van der Waals surface area contributed by atoms with Crippen LogP contribution in [0.5, 0.6) is 0 Å². The van der Waals surface area contributed by atoms with Crippen LogP contribution in [0.4, 0.5) is 0 Å². The average Bonchev–Trinajstić information content (AvgIpc) is 1.27. The molecule has 0 aliphatic heterocycles. The van der Waals surface area contributed by atoms with Gasteiger partial charge in [0.2, 0.25) is 0 Å². The molecule has 0 aromatic rings. The van der Waals surface area contributed by atoms with Gasteiger partial charge in [0, 0.05) is 12.4 Å². The van der Waals surface area contributed by atoms with Crippen molar-refractivity contribution in [3.8, 4) is 0 Å². The Morgan fingerprint density at radius 2 is 2.14 bits per heavy atom. The molecule has 0 aliphatic carbocycles. The molecule has 0 aliphatic rings. The summed E-state index contributed by atoms with van der Waals surface area (Å²) in [5.74, 6) is -1.23. The molecule has 0 heterocycles. The van der Waals surface area contributed by atoms with E-state index in [2.05, 4.69) is 0 Å². The number of carbonyl (C=O) groups is 1. The van der Waals surface area contributed by atoms with Crippen LogP contribution in [0.1, 0.15) is 6.42 Å². The smallest absolute Gasteiger partial charge is 0.113 e. The second-order valence-electron chi connectivity index (χ2n) is 0.967. The highest BCUT2D eigenvalue weighted by atomic mass is 35.5. The molecule has 0 saturated heterocycles. The number of halogens is 2. The van der Waals surface area contributed by atoms with Gasteiger partial charge in [0.1, 0.15) is 4.84 Å². The number of carboxylic acid groups (broad SMARTS) is 1. The molecule has 2 nitrogen and oxygen atoms in total. The Morgan fingerprint density at radius 3 is 2.14 bits per heavy atom. The first-order chi connectivity index (χ1) is 3.13. The summed E-state index contributed by atoms with van der Waals surface area (Å²) in [6.07, 6.45) is -0.302. The average molecular weight is 142 g/mol. The first kappa shape index (κ1) is 7.05. The van der Waals surface area contributed by atoms with E-state index in [0.717, 1.165) is 0 Å². The summed E-state index contributed by atoms with van der Waals surface area (Å²) in [7, 11) is 0. The lowest BCUT2D eigenvalue weighted by Gasteiger charge is -1.98. The van der Waals surface area contributed by atoms with Crippen molar-refractivity contribution in [3.05, 3.63) is 0 Å². The minimum atomic E-state index is -1.23. The van der Waals surface area contributed by atoms with Gasteiger partial charge in [-0.25, -0.2) is 0 Å². The van der Waals surface area contributed by atoms with Crippen molar-refractivity contribution >= 4 is 29.2 Å². The zero-order valence-electron chi connectivity index (χ0n) is 3.36. The third-order valence-electron chi connectivity index (χ3n) is 0.321. The summed E-state index contributed by atoms with van der Waals surface area (Å²) in [6, 6.07) is 0. The van der Waals surface area contributed by atoms with Crippen LogP contribution in [0.25, 0.3) is 0 Å². The van der Waals surface area contributed by atoms with Crippen LogP contribution in [0, 0.1) is 0 Å². The van der Waals surface area contributed by atoms with Gasteiger partial charge >= 0.3 is 0 Å². The van der Waals surface area contributed by atoms with E-state index in [9.17, 15) is 9.90 Å². The van der Waals surface area contributed by atoms with Crippen molar-refractivity contribution in [1.82, 2.24) is 0 Å². The van der Waals surface area contributed by atoms with Gasteiger partial charge in [0.25, 0.3) is 0 Å². The van der Waals surface area contributed by atoms with Crippen molar-refractivity contribution in [2.45, 2.75) is 11.3 Å². The number of carboxylic acids is 1. The van der Waals surface area contributed by atoms with Crippen LogP contribution in [-0.2, 0) is 4.79 Å². The molecule has 0 fully saturated rings. The van der Waals surface area contributed by atoms with Crippen LogP contribution in [0.3, 0.4) is 0 Å². The molecule has 0 unspecified atom stereocenters. The van der Waals surface area contributed by atoms with Gasteiger partial charge in [-0.1, -0.05) is 0 Å². The fraction of sp³-hybridized carbons (Fsp3) is 0.667. The predicted octanol–water partition coefficient (Wildman–Crippen LogP) is -0.0699. The van der Waals surface area contributed by atoms with Gasteiger partial charge in [-0.15, -0.1) is 23.2 Å². The lowest BCUT2D eigenvalue weighted by molar-refractivity contribution is -0.305. The van der Waals surface area contributed by atoms with Crippen molar-refractivity contribution in [2.75, 3.05) is 0 Å². The molecule has 7 heavy (non-hydrogen) atoms. The van der Waals surface area contributed by atoms with E-state index >= 15 is 0 Å². The second-order valence-corrected chi connectivity index (χ2v) is 2.24. The van der Waals surface area contributed by atoms with Crippen LogP contribution in [0.2, 0.25) is 0 Å². The SMILES string of the molecule is O=C([O-])CC(Cl)Cl. The van der Waals surface area contributed by atoms with Gasteiger partial charge in [-0.2, -0.15) is 0 Å². The lowest BCUT2D eigenvalue weighted by atomic mass is 10.5. The summed E-state index contributed by atoms with van der Waals surface area (Å²) in [4.78, 5) is 8.69. The molecule has 0 radical (unpaired) electrons. The number of alkyl halides is 2. The Labute approximate surface area is 51.0 Å². The molecule has 0 N–H and O–H groups in total. The highest BCUT2D eigenvalue weighted by molar-refractivity contribution is 6.44. The minimum absolute atomic E-state index is 0.302. The summed E-state index contributed by atoms with van der Waals surface area (Å²) in [6.45, 7) is 0. The Morgan fingerprint density at radius 1 is 1.71 bits per heavy atom. The topological polar surface area (TPSA) is 40.1 Å². The highest BCUT2D eigenvalue weighted by Gasteiger charge is 1.95. The normalized spacial score (nSPS) is 9.57. The second kappa shape index (κ2) is 3.10. The standard InChI is InChI=1S/C3H4Cl2O2/c4-2(5)1-3(6)7/h2H,1H2,(H,6,7)/p-1. The summed E-state index contributed by atoms with van der Waals surface area (Å²) in [5.41, 5.74) is 0. The Balaban J connectivity index is 3.13. The first-order valence-corrected chi connectivity index (χ1v) is 2.48. The first-order valence-electron chi connectivity index (χ1n) is 1.61. The highest BCUT2D eigenvalue weighted by Crippen LogP contribution is 2.04. The van der Waals surface area contributed by atoms with Crippen molar-refractivity contribution < 1.29 is 9.90 Å². The zero-order chi connectivity index (χ0) is 5.86. The molecule has 42 valence electrons.